The van der Waals surface area contributed by atoms with Gasteiger partial charge in [-0.15, -0.1) is 4.85 Å². The van der Waals surface area contributed by atoms with Gasteiger partial charge in [0, 0.05) is 18.8 Å². The first-order chi connectivity index (χ1) is 9.63. The van der Waals surface area contributed by atoms with E-state index in [9.17, 15) is 10.4 Å². The summed E-state index contributed by atoms with van der Waals surface area (Å²) in [6.07, 6.45) is 0. The number of aromatic nitrogens is 2. The van der Waals surface area contributed by atoms with E-state index in [2.05, 4.69) is 16.0 Å². The zero-order valence-electron chi connectivity index (χ0n) is 12.0. The minimum atomic E-state index is 0.351. The number of nitrogens with zero attached hydrogens (tertiary/aromatic N) is 2. The number of benzene rings is 1. The van der Waals surface area contributed by atoms with E-state index < -0.39 is 0 Å². The molecule has 2 aromatic rings. The van der Waals surface area contributed by atoms with Crippen LogP contribution in [-0.2, 0) is 0 Å². The molecule has 0 aliphatic carbocycles. The summed E-state index contributed by atoms with van der Waals surface area (Å²) < 4.78 is 0. The first-order valence-electron chi connectivity index (χ1n) is 6.87. The summed E-state index contributed by atoms with van der Waals surface area (Å²) in [6, 6.07) is 3.75. The van der Waals surface area contributed by atoms with Crippen molar-refractivity contribution in [3.63, 3.8) is 0 Å². The molecule has 0 radical (unpaired) electrons. The monoisotopic (exact) mass is 279 g/mol. The fourth-order valence-electron chi connectivity index (χ4n) is 2.28. The minimum Gasteiger partial charge on any atom is -0.690 e. The summed E-state index contributed by atoms with van der Waals surface area (Å²) in [5.41, 5.74) is 2.10. The second-order valence-corrected chi connectivity index (χ2v) is 4.42. The summed E-state index contributed by atoms with van der Waals surface area (Å²) in [5, 5.41) is 32.1. The molecule has 0 fully saturated rings. The Morgan fingerprint density at radius 3 is 2.35 bits per heavy atom. The molecule has 0 saturated carbocycles. The quantitative estimate of drug-likeness (QED) is 0.368. The van der Waals surface area contributed by atoms with Crippen molar-refractivity contribution in [3.05, 3.63) is 17.3 Å². The highest BCUT2D eigenvalue weighted by Crippen LogP contribution is 2.31. The largest absolute Gasteiger partial charge is 0.690 e. The standard InChI is InChI=1S/C13H21N5O2/c1-4-14-9-7-10-12(11(8-9)15-5-2)17(19)18(20)13(10)16-6-3/h7-8,14-16,19H,4-6H2,1-3H3. The van der Waals surface area contributed by atoms with Gasteiger partial charge in [0.15, 0.2) is 5.52 Å². The minimum absolute atomic E-state index is 0.351. The predicted molar refractivity (Wildman–Crippen MR) is 80.6 cm³/mol. The summed E-state index contributed by atoms with van der Waals surface area (Å²) in [6.45, 7) is 7.96. The highest BCUT2D eigenvalue weighted by atomic mass is 16.6. The Labute approximate surface area is 117 Å². The Morgan fingerprint density at radius 2 is 1.75 bits per heavy atom. The Bertz CT molecular complexity index is 609. The van der Waals surface area contributed by atoms with Gasteiger partial charge in [-0.1, -0.05) is 0 Å². The van der Waals surface area contributed by atoms with E-state index in [-0.39, 0.29) is 0 Å². The van der Waals surface area contributed by atoms with Crippen LogP contribution in [0.3, 0.4) is 0 Å². The summed E-state index contributed by atoms with van der Waals surface area (Å²) >= 11 is 0. The number of fused-ring (bicyclic) bond motifs is 1. The topological polar surface area (TPSA) is 88.2 Å². The van der Waals surface area contributed by atoms with Gasteiger partial charge in [0.25, 0.3) is 0 Å². The van der Waals surface area contributed by atoms with Crippen molar-refractivity contribution < 1.29 is 10.1 Å². The number of hydrogen-bond donors (Lipinski definition) is 4. The van der Waals surface area contributed by atoms with Crippen LogP contribution in [-0.4, -0.2) is 29.7 Å². The van der Waals surface area contributed by atoms with E-state index in [1.807, 2.05) is 32.9 Å². The number of nitrogens with one attached hydrogen (secondary N) is 3. The molecule has 0 amide bonds. The van der Waals surface area contributed by atoms with Gasteiger partial charge in [-0.05, 0) is 37.7 Å². The van der Waals surface area contributed by atoms with Gasteiger partial charge in [-0.2, -0.15) is 0 Å². The zero-order chi connectivity index (χ0) is 14.7. The van der Waals surface area contributed by atoms with Crippen LogP contribution in [0.4, 0.5) is 17.2 Å². The molecule has 4 N–H and O–H groups in total. The summed E-state index contributed by atoms with van der Waals surface area (Å²) in [4.78, 5) is 1.09. The highest BCUT2D eigenvalue weighted by molar-refractivity contribution is 5.99. The van der Waals surface area contributed by atoms with E-state index in [1.165, 1.54) is 0 Å². The first-order valence-corrected chi connectivity index (χ1v) is 6.87. The molecule has 1 heterocycles. The van der Waals surface area contributed by atoms with E-state index >= 15 is 0 Å². The number of hydrogen-bond acceptors (Lipinski definition) is 5. The first kappa shape index (κ1) is 14.1. The summed E-state index contributed by atoms with van der Waals surface area (Å²) in [5.74, 6) is 0.351. The van der Waals surface area contributed by atoms with E-state index in [4.69, 9.17) is 0 Å². The van der Waals surface area contributed by atoms with Crippen LogP contribution in [0.1, 0.15) is 20.8 Å². The molecule has 0 aliphatic rings. The van der Waals surface area contributed by atoms with Crippen molar-refractivity contribution in [2.24, 2.45) is 0 Å². The van der Waals surface area contributed by atoms with Crippen molar-refractivity contribution in [2.75, 3.05) is 35.6 Å². The number of anilines is 3. The average molecular weight is 279 g/mol. The molecule has 0 unspecified atom stereocenters. The fourth-order valence-corrected chi connectivity index (χ4v) is 2.28. The zero-order valence-corrected chi connectivity index (χ0v) is 12.0. The van der Waals surface area contributed by atoms with Gasteiger partial charge in [0.05, 0.1) is 12.2 Å². The molecule has 0 bridgehead atoms. The fraction of sp³-hybridized carbons (Fsp3) is 0.462. The van der Waals surface area contributed by atoms with Crippen LogP contribution < -0.4 is 20.8 Å². The van der Waals surface area contributed by atoms with Crippen LogP contribution in [0.5, 0.6) is 0 Å². The molecule has 20 heavy (non-hydrogen) atoms. The van der Waals surface area contributed by atoms with Gasteiger partial charge in [-0.3, -0.25) is 5.32 Å². The van der Waals surface area contributed by atoms with Gasteiger partial charge in [0.1, 0.15) is 5.39 Å². The van der Waals surface area contributed by atoms with Gasteiger partial charge in [0.2, 0.25) is 0 Å². The number of rotatable bonds is 6. The molecule has 0 saturated heterocycles. The van der Waals surface area contributed by atoms with Crippen LogP contribution >= 0.6 is 0 Å². The molecule has 7 heteroatoms. The van der Waals surface area contributed by atoms with Gasteiger partial charge in [-0.25, -0.2) is 0 Å². The molecule has 0 spiro atoms. The molecular formula is C13H21N5O2. The highest BCUT2D eigenvalue weighted by Gasteiger charge is 2.21. The second kappa shape index (κ2) is 5.77. The van der Waals surface area contributed by atoms with Crippen molar-refractivity contribution in [1.82, 2.24) is 4.85 Å². The van der Waals surface area contributed by atoms with Crippen molar-refractivity contribution >= 4 is 28.1 Å². The lowest BCUT2D eigenvalue weighted by Gasteiger charge is -2.09. The lowest BCUT2D eigenvalue weighted by atomic mass is 10.2. The summed E-state index contributed by atoms with van der Waals surface area (Å²) in [7, 11) is 0. The Hall–Kier alpha value is -2.31. The Kier molecular flexibility index (Phi) is 4.07. The molecule has 110 valence electrons. The van der Waals surface area contributed by atoms with Crippen LogP contribution in [0, 0.1) is 5.21 Å². The van der Waals surface area contributed by atoms with E-state index in [0.29, 0.717) is 39.5 Å². The van der Waals surface area contributed by atoms with Gasteiger partial charge >= 0.3 is 5.82 Å². The third kappa shape index (κ3) is 2.26. The van der Waals surface area contributed by atoms with E-state index in [0.717, 1.165) is 17.9 Å². The molecule has 2 rings (SSSR count). The van der Waals surface area contributed by atoms with Crippen LogP contribution in [0.2, 0.25) is 0 Å². The van der Waals surface area contributed by atoms with Crippen molar-refractivity contribution in [2.45, 2.75) is 20.8 Å². The molecule has 1 aromatic carbocycles. The SMILES string of the molecule is CCNc1cc(NCC)c2c(c1)c(NCC)[n+]([O-])n2O. The Balaban J connectivity index is 2.71. The third-order valence-electron chi connectivity index (χ3n) is 3.02. The normalized spacial score (nSPS) is 10.8. The maximum Gasteiger partial charge on any atom is 0.309 e. The van der Waals surface area contributed by atoms with Crippen LogP contribution in [0.25, 0.3) is 10.9 Å². The smallest absolute Gasteiger partial charge is 0.309 e. The van der Waals surface area contributed by atoms with E-state index in [1.54, 1.807) is 0 Å². The molecule has 7 nitrogen and oxygen atoms in total. The molecule has 0 aliphatic heterocycles. The lowest BCUT2D eigenvalue weighted by Crippen LogP contribution is -2.38. The lowest BCUT2D eigenvalue weighted by molar-refractivity contribution is -0.709. The second-order valence-electron chi connectivity index (χ2n) is 4.42. The predicted octanol–water partition coefficient (Wildman–Crippen LogP) is 1.81. The Morgan fingerprint density at radius 1 is 1.10 bits per heavy atom. The van der Waals surface area contributed by atoms with Crippen LogP contribution in [0.15, 0.2) is 12.1 Å². The van der Waals surface area contributed by atoms with Gasteiger partial charge < -0.3 is 21.0 Å². The average Bonchev–Trinajstić information content (AvgIpc) is 2.65. The molecular weight excluding hydrogens is 258 g/mol. The molecule has 0 atom stereocenters. The maximum atomic E-state index is 12.0. The maximum absolute atomic E-state index is 12.0. The van der Waals surface area contributed by atoms with Crippen molar-refractivity contribution in [1.29, 1.82) is 0 Å². The molecule has 1 aromatic heterocycles. The van der Waals surface area contributed by atoms with Crippen molar-refractivity contribution in [3.8, 4) is 0 Å². The third-order valence-corrected chi connectivity index (χ3v) is 3.02.